The van der Waals surface area contributed by atoms with Crippen molar-refractivity contribution in [1.29, 1.82) is 0 Å². The Balaban J connectivity index is 1.76. The number of aliphatic hydroxyl groups excluding tert-OH is 2. The second-order valence-corrected chi connectivity index (χ2v) is 10.8. The Bertz CT molecular complexity index is 692. The molecule has 2 aliphatic carbocycles. The lowest BCUT2D eigenvalue weighted by atomic mass is 9.46. The van der Waals surface area contributed by atoms with E-state index in [4.69, 9.17) is 4.74 Å². The minimum Gasteiger partial charge on any atom is -0.446 e. The number of fused-ring (bicyclic) bond motifs is 1. The van der Waals surface area contributed by atoms with E-state index >= 15 is 0 Å². The first-order chi connectivity index (χ1) is 15.2. The van der Waals surface area contributed by atoms with E-state index in [0.717, 1.165) is 38.8 Å². The van der Waals surface area contributed by atoms with Crippen LogP contribution in [-0.2, 0) is 9.53 Å². The number of hydrogen-bond donors (Lipinski definition) is 3. The Morgan fingerprint density at radius 1 is 1.19 bits per heavy atom. The average Bonchev–Trinajstić information content (AvgIpc) is 2.77. The number of piperidine rings is 1. The first-order valence-corrected chi connectivity index (χ1v) is 12.3. The summed E-state index contributed by atoms with van der Waals surface area (Å²) in [5.41, 5.74) is -0.925. The van der Waals surface area contributed by atoms with Gasteiger partial charge in [-0.05, 0) is 61.7 Å². The van der Waals surface area contributed by atoms with Gasteiger partial charge in [0.2, 0.25) is 5.91 Å². The fourth-order valence-corrected chi connectivity index (χ4v) is 6.68. The summed E-state index contributed by atoms with van der Waals surface area (Å²) in [4.78, 5) is 27.3. The Kier molecular flexibility index (Phi) is 7.92. The molecule has 3 rings (SSSR count). The third-order valence-corrected chi connectivity index (χ3v) is 8.85. The molecule has 1 saturated heterocycles. The number of hydrogen-bond acceptors (Lipinski definition) is 5. The number of alkyl carbamates (subject to hydrolysis) is 1. The summed E-state index contributed by atoms with van der Waals surface area (Å²) in [5.74, 6) is 0.684. The van der Waals surface area contributed by atoms with E-state index < -0.39 is 23.7 Å². The molecule has 182 valence electrons. The van der Waals surface area contributed by atoms with Gasteiger partial charge in [-0.1, -0.05) is 26.8 Å². The predicted octanol–water partition coefficient (Wildman–Crippen LogP) is 3.10. The molecule has 3 fully saturated rings. The molecule has 1 unspecified atom stereocenters. The summed E-state index contributed by atoms with van der Waals surface area (Å²) in [7, 11) is 0. The van der Waals surface area contributed by atoms with Crippen LogP contribution in [0.25, 0.3) is 0 Å². The van der Waals surface area contributed by atoms with Crippen LogP contribution in [-0.4, -0.2) is 65.6 Å². The predicted molar refractivity (Wildman–Crippen MR) is 123 cm³/mol. The number of nitrogens with zero attached hydrogens (tertiary/aromatic N) is 1. The minimum absolute atomic E-state index is 0.0496. The topological polar surface area (TPSA) is 99.1 Å². The van der Waals surface area contributed by atoms with Crippen LogP contribution in [0.5, 0.6) is 0 Å². The van der Waals surface area contributed by atoms with Gasteiger partial charge in [0.1, 0.15) is 6.10 Å². The van der Waals surface area contributed by atoms with Gasteiger partial charge < -0.3 is 25.2 Å². The second-order valence-electron chi connectivity index (χ2n) is 10.8. The van der Waals surface area contributed by atoms with Crippen LogP contribution in [0.15, 0.2) is 12.7 Å². The first kappa shape index (κ1) is 25.0. The molecule has 1 heterocycles. The zero-order valence-electron chi connectivity index (χ0n) is 20.0. The molecule has 0 bridgehead atoms. The highest BCUT2D eigenvalue weighted by Gasteiger charge is 2.60. The summed E-state index contributed by atoms with van der Waals surface area (Å²) < 4.78 is 5.75. The molecule has 0 aromatic carbocycles. The molecule has 0 radical (unpaired) electrons. The van der Waals surface area contributed by atoms with Crippen LogP contribution < -0.4 is 5.32 Å². The standard InChI is InChI=1S/C25H42N2O5/c1-5-12-26-23(31)32-21-8-11-24(3)18(15-22(30)27-13-9-17(2)10-14-27)19(29)6-7-20(24)25(21,4)16-28/h5,17-21,28-29H,1,6-16H2,2-4H3,(H,26,31)/t18-,19-,20?,21-,24+,25+/m1/s1. The Labute approximate surface area is 192 Å². The van der Waals surface area contributed by atoms with Crippen LogP contribution in [0.4, 0.5) is 4.79 Å². The van der Waals surface area contributed by atoms with Gasteiger partial charge in [-0.2, -0.15) is 0 Å². The molecule has 7 nitrogen and oxygen atoms in total. The number of ether oxygens (including phenoxy) is 1. The van der Waals surface area contributed by atoms with Crippen molar-refractivity contribution in [1.82, 2.24) is 10.2 Å². The molecule has 3 aliphatic rings. The SMILES string of the molecule is C=CCNC(=O)O[C@@H]1CC[C@]2(C)C(CC[C@@H](O)[C@H]2CC(=O)N2CCC(C)CC2)[C@]1(C)CO. The van der Waals surface area contributed by atoms with Crippen molar-refractivity contribution in [3.8, 4) is 0 Å². The molecule has 3 N–H and O–H groups in total. The summed E-state index contributed by atoms with van der Waals surface area (Å²) in [5, 5.41) is 24.1. The maximum Gasteiger partial charge on any atom is 0.407 e. The number of nitrogens with one attached hydrogen (secondary N) is 1. The summed E-state index contributed by atoms with van der Waals surface area (Å²) in [6.07, 6.45) is 5.26. The number of aliphatic hydroxyl groups is 2. The maximum atomic E-state index is 13.2. The van der Waals surface area contributed by atoms with Crippen molar-refractivity contribution in [2.45, 2.75) is 77.9 Å². The van der Waals surface area contributed by atoms with Crippen molar-refractivity contribution in [2.75, 3.05) is 26.2 Å². The highest BCUT2D eigenvalue weighted by atomic mass is 16.6. The van der Waals surface area contributed by atoms with Gasteiger partial charge in [-0.15, -0.1) is 6.58 Å². The fraction of sp³-hybridized carbons (Fsp3) is 0.840. The highest BCUT2D eigenvalue weighted by molar-refractivity contribution is 5.76. The largest absolute Gasteiger partial charge is 0.446 e. The van der Waals surface area contributed by atoms with E-state index in [1.165, 1.54) is 0 Å². The Morgan fingerprint density at radius 2 is 1.88 bits per heavy atom. The van der Waals surface area contributed by atoms with Crippen molar-refractivity contribution in [3.05, 3.63) is 12.7 Å². The summed E-state index contributed by atoms with van der Waals surface area (Å²) in [6, 6.07) is 0. The van der Waals surface area contributed by atoms with Crippen LogP contribution in [0.2, 0.25) is 0 Å². The molecule has 0 aromatic rings. The van der Waals surface area contributed by atoms with Gasteiger partial charge in [-0.25, -0.2) is 4.79 Å². The molecule has 6 atom stereocenters. The smallest absolute Gasteiger partial charge is 0.407 e. The summed E-state index contributed by atoms with van der Waals surface area (Å²) in [6.45, 7) is 11.8. The van der Waals surface area contributed by atoms with Gasteiger partial charge in [0.05, 0.1) is 12.7 Å². The Morgan fingerprint density at radius 3 is 2.50 bits per heavy atom. The molecule has 1 aliphatic heterocycles. The van der Waals surface area contributed by atoms with E-state index in [2.05, 4.69) is 25.7 Å². The molecular weight excluding hydrogens is 408 g/mol. The monoisotopic (exact) mass is 450 g/mol. The quantitative estimate of drug-likeness (QED) is 0.540. The van der Waals surface area contributed by atoms with Crippen molar-refractivity contribution in [3.63, 3.8) is 0 Å². The fourth-order valence-electron chi connectivity index (χ4n) is 6.68. The zero-order chi connectivity index (χ0) is 23.5. The molecule has 2 amide bonds. The molecule has 0 spiro atoms. The minimum atomic E-state index is -0.624. The number of carbonyl (C=O) groups excluding carboxylic acids is 2. The third kappa shape index (κ3) is 4.84. The van der Waals surface area contributed by atoms with Crippen LogP contribution in [0, 0.1) is 28.6 Å². The highest BCUT2D eigenvalue weighted by Crippen LogP contribution is 2.61. The van der Waals surface area contributed by atoms with E-state index in [9.17, 15) is 19.8 Å². The number of rotatable bonds is 6. The molecule has 2 saturated carbocycles. The lowest BCUT2D eigenvalue weighted by molar-refractivity contribution is -0.187. The number of carbonyl (C=O) groups is 2. The van der Waals surface area contributed by atoms with Crippen molar-refractivity contribution < 1.29 is 24.5 Å². The third-order valence-electron chi connectivity index (χ3n) is 8.85. The maximum absolute atomic E-state index is 13.2. The average molecular weight is 451 g/mol. The molecule has 32 heavy (non-hydrogen) atoms. The zero-order valence-corrected chi connectivity index (χ0v) is 20.0. The number of amides is 2. The van der Waals surface area contributed by atoms with Gasteiger partial charge in [0.25, 0.3) is 0 Å². The van der Waals surface area contributed by atoms with E-state index in [0.29, 0.717) is 31.7 Å². The van der Waals surface area contributed by atoms with Gasteiger partial charge >= 0.3 is 6.09 Å². The molecular formula is C25H42N2O5. The van der Waals surface area contributed by atoms with E-state index in [1.807, 2.05) is 11.8 Å². The van der Waals surface area contributed by atoms with Crippen molar-refractivity contribution in [2.24, 2.45) is 28.6 Å². The molecule has 0 aromatic heterocycles. The summed E-state index contributed by atoms with van der Waals surface area (Å²) >= 11 is 0. The van der Waals surface area contributed by atoms with E-state index in [-0.39, 0.29) is 29.8 Å². The van der Waals surface area contributed by atoms with E-state index in [1.54, 1.807) is 6.08 Å². The normalized spacial score (nSPS) is 38.0. The second kappa shape index (κ2) is 10.1. The Hall–Kier alpha value is -1.60. The van der Waals surface area contributed by atoms with Crippen LogP contribution in [0.1, 0.15) is 65.7 Å². The van der Waals surface area contributed by atoms with Crippen LogP contribution in [0.3, 0.4) is 0 Å². The first-order valence-electron chi connectivity index (χ1n) is 12.3. The molecule has 7 heteroatoms. The lowest BCUT2D eigenvalue weighted by Gasteiger charge is -2.60. The van der Waals surface area contributed by atoms with Gasteiger partial charge in [0, 0.05) is 31.5 Å². The van der Waals surface area contributed by atoms with Crippen LogP contribution >= 0.6 is 0 Å². The number of likely N-dealkylation sites (tertiary alicyclic amines) is 1. The van der Waals surface area contributed by atoms with Gasteiger partial charge in [0.15, 0.2) is 0 Å². The van der Waals surface area contributed by atoms with Crippen molar-refractivity contribution >= 4 is 12.0 Å². The lowest BCUT2D eigenvalue weighted by Crippen LogP contribution is -2.61. The van der Waals surface area contributed by atoms with Gasteiger partial charge in [-0.3, -0.25) is 4.79 Å².